The number of rotatable bonds is 7. The summed E-state index contributed by atoms with van der Waals surface area (Å²) in [5.41, 5.74) is 11.7. The van der Waals surface area contributed by atoms with Crippen molar-refractivity contribution in [3.05, 3.63) is 169 Å². The number of anilines is 6. The van der Waals surface area contributed by atoms with Gasteiger partial charge in [0.1, 0.15) is 0 Å². The van der Waals surface area contributed by atoms with Crippen LogP contribution in [0.5, 0.6) is 0 Å². The lowest BCUT2D eigenvalue weighted by Gasteiger charge is -2.26. The molecule has 222 valence electrons. The topological polar surface area (TPSA) is 6.48 Å². The van der Waals surface area contributed by atoms with Crippen molar-refractivity contribution >= 4 is 34.1 Å². The number of para-hydroxylation sites is 3. The van der Waals surface area contributed by atoms with Gasteiger partial charge in [0.25, 0.3) is 0 Å². The molecule has 6 aromatic rings. The first-order valence-corrected chi connectivity index (χ1v) is 15.7. The van der Waals surface area contributed by atoms with E-state index in [1.54, 1.807) is 0 Å². The van der Waals surface area contributed by atoms with Crippen molar-refractivity contribution in [1.82, 2.24) is 0 Å². The van der Waals surface area contributed by atoms with E-state index in [0.717, 1.165) is 28.4 Å². The van der Waals surface area contributed by atoms with Crippen molar-refractivity contribution in [2.24, 2.45) is 0 Å². The molecule has 6 rings (SSSR count). The molecule has 0 heterocycles. The smallest absolute Gasteiger partial charge is 0.0466 e. The van der Waals surface area contributed by atoms with Crippen LogP contribution in [-0.2, 0) is 0 Å². The summed E-state index contributed by atoms with van der Waals surface area (Å²) in [5.74, 6) is 0. The Labute approximate surface area is 264 Å². The van der Waals surface area contributed by atoms with Gasteiger partial charge < -0.3 is 9.80 Å². The average molecular weight is 577 g/mol. The average Bonchev–Trinajstić information content (AvgIpc) is 3.09. The number of hydrogen-bond acceptors (Lipinski definition) is 2. The van der Waals surface area contributed by atoms with E-state index in [2.05, 4.69) is 181 Å². The van der Waals surface area contributed by atoms with Gasteiger partial charge in [-0.15, -0.1) is 0 Å². The quantitative estimate of drug-likeness (QED) is 0.186. The zero-order valence-electron chi connectivity index (χ0n) is 26.9. The van der Waals surface area contributed by atoms with E-state index >= 15 is 0 Å². The predicted molar refractivity (Wildman–Crippen MR) is 193 cm³/mol. The highest BCUT2D eigenvalue weighted by atomic mass is 15.1. The number of nitrogens with zero attached hydrogens (tertiary/aromatic N) is 2. The van der Waals surface area contributed by atoms with Crippen LogP contribution >= 0.6 is 0 Å². The summed E-state index contributed by atoms with van der Waals surface area (Å²) in [6, 6.07) is 56.0. The molecular weight excluding hydrogens is 532 g/mol. The molecule has 0 unspecified atom stereocenters. The van der Waals surface area contributed by atoms with Crippen LogP contribution < -0.4 is 9.80 Å². The van der Waals surface area contributed by atoms with E-state index in [0.29, 0.717) is 0 Å². The van der Waals surface area contributed by atoms with E-state index < -0.39 is 0 Å². The molecule has 0 saturated heterocycles. The Bertz CT molecular complexity index is 1620. The standard InChI is InChI=1S/C38H32N2.2C2H6/c1-29-26-30(2)28-38(27-29)40(35-16-10-5-11-17-35)37-24-20-32(21-25-37)31-18-22-36(23-19-31)39(33-12-6-3-7-13-33)34-14-8-4-9-15-34;2*1-2/h3-28H,1-2H3;2*1-2H3. The summed E-state index contributed by atoms with van der Waals surface area (Å²) in [6.07, 6.45) is 0. The lowest BCUT2D eigenvalue weighted by molar-refractivity contribution is 1.25. The number of benzene rings is 6. The third-order valence-corrected chi connectivity index (χ3v) is 7.09. The van der Waals surface area contributed by atoms with Crippen LogP contribution in [0.2, 0.25) is 0 Å². The van der Waals surface area contributed by atoms with E-state index in [1.165, 1.54) is 27.9 Å². The molecule has 6 aromatic carbocycles. The van der Waals surface area contributed by atoms with Crippen molar-refractivity contribution in [3.63, 3.8) is 0 Å². The molecule has 0 aliphatic carbocycles. The molecular formula is C42H44N2. The van der Waals surface area contributed by atoms with Crippen molar-refractivity contribution in [2.45, 2.75) is 41.5 Å². The molecule has 0 aliphatic rings. The van der Waals surface area contributed by atoms with Crippen LogP contribution in [-0.4, -0.2) is 0 Å². The third-order valence-electron chi connectivity index (χ3n) is 7.09. The molecule has 0 bridgehead atoms. The summed E-state index contributed by atoms with van der Waals surface area (Å²) in [7, 11) is 0. The summed E-state index contributed by atoms with van der Waals surface area (Å²) < 4.78 is 0. The summed E-state index contributed by atoms with van der Waals surface area (Å²) in [5, 5.41) is 0. The van der Waals surface area contributed by atoms with Crippen molar-refractivity contribution in [2.75, 3.05) is 9.80 Å². The van der Waals surface area contributed by atoms with Crippen LogP contribution in [0, 0.1) is 13.8 Å². The van der Waals surface area contributed by atoms with E-state index in [-0.39, 0.29) is 0 Å². The third kappa shape index (κ3) is 7.65. The minimum atomic E-state index is 1.13. The molecule has 44 heavy (non-hydrogen) atoms. The Balaban J connectivity index is 0.00000106. The minimum absolute atomic E-state index is 1.13. The van der Waals surface area contributed by atoms with Gasteiger partial charge in [-0.05, 0) is 109 Å². The monoisotopic (exact) mass is 576 g/mol. The highest BCUT2D eigenvalue weighted by Crippen LogP contribution is 2.38. The van der Waals surface area contributed by atoms with Crippen LogP contribution in [0.4, 0.5) is 34.1 Å². The maximum atomic E-state index is 2.32. The predicted octanol–water partition coefficient (Wildman–Crippen LogP) is 13.0. The van der Waals surface area contributed by atoms with Gasteiger partial charge in [0.05, 0.1) is 0 Å². The molecule has 0 atom stereocenters. The van der Waals surface area contributed by atoms with Gasteiger partial charge in [-0.3, -0.25) is 0 Å². The first-order valence-electron chi connectivity index (χ1n) is 15.7. The summed E-state index contributed by atoms with van der Waals surface area (Å²) in [4.78, 5) is 4.61. The Morgan fingerprint density at radius 1 is 0.295 bits per heavy atom. The second-order valence-corrected chi connectivity index (χ2v) is 10.1. The van der Waals surface area contributed by atoms with Gasteiger partial charge >= 0.3 is 0 Å². The fourth-order valence-corrected chi connectivity index (χ4v) is 5.31. The Morgan fingerprint density at radius 3 is 0.886 bits per heavy atom. The molecule has 0 radical (unpaired) electrons. The molecule has 0 N–H and O–H groups in total. The highest BCUT2D eigenvalue weighted by Gasteiger charge is 2.14. The molecule has 0 spiro atoms. The normalized spacial score (nSPS) is 10.0. The van der Waals surface area contributed by atoms with Gasteiger partial charge in [-0.1, -0.05) is 113 Å². The second kappa shape index (κ2) is 16.0. The van der Waals surface area contributed by atoms with E-state index in [9.17, 15) is 0 Å². The fraction of sp³-hybridized carbons (Fsp3) is 0.143. The Hall–Kier alpha value is -5.08. The molecule has 0 amide bonds. The molecule has 0 aromatic heterocycles. The zero-order valence-corrected chi connectivity index (χ0v) is 26.9. The van der Waals surface area contributed by atoms with Gasteiger partial charge in [0.2, 0.25) is 0 Å². The maximum Gasteiger partial charge on any atom is 0.0466 e. The van der Waals surface area contributed by atoms with E-state index in [1.807, 2.05) is 27.7 Å². The van der Waals surface area contributed by atoms with Crippen molar-refractivity contribution < 1.29 is 0 Å². The van der Waals surface area contributed by atoms with Gasteiger partial charge in [0.15, 0.2) is 0 Å². The Morgan fingerprint density at radius 2 is 0.568 bits per heavy atom. The fourth-order valence-electron chi connectivity index (χ4n) is 5.31. The SMILES string of the molecule is CC.CC.Cc1cc(C)cc(N(c2ccccc2)c2ccc(-c3ccc(N(c4ccccc4)c4ccccc4)cc3)cc2)c1. The lowest BCUT2D eigenvalue weighted by Crippen LogP contribution is -2.10. The van der Waals surface area contributed by atoms with Crippen LogP contribution in [0.25, 0.3) is 11.1 Å². The lowest BCUT2D eigenvalue weighted by atomic mass is 10.0. The van der Waals surface area contributed by atoms with Gasteiger partial charge in [-0.2, -0.15) is 0 Å². The number of aryl methyl sites for hydroxylation is 2. The first kappa shape index (κ1) is 31.8. The van der Waals surface area contributed by atoms with Gasteiger partial charge in [0, 0.05) is 34.1 Å². The first-order chi connectivity index (χ1) is 21.7. The molecule has 2 heteroatoms. The highest BCUT2D eigenvalue weighted by molar-refractivity contribution is 5.80. The van der Waals surface area contributed by atoms with E-state index in [4.69, 9.17) is 0 Å². The maximum absolute atomic E-state index is 2.32. The second-order valence-electron chi connectivity index (χ2n) is 10.1. The van der Waals surface area contributed by atoms with Crippen LogP contribution in [0.15, 0.2) is 158 Å². The van der Waals surface area contributed by atoms with Crippen LogP contribution in [0.3, 0.4) is 0 Å². The summed E-state index contributed by atoms with van der Waals surface area (Å²) >= 11 is 0. The molecule has 0 fully saturated rings. The molecule has 0 saturated carbocycles. The van der Waals surface area contributed by atoms with Crippen molar-refractivity contribution in [1.29, 1.82) is 0 Å². The van der Waals surface area contributed by atoms with Gasteiger partial charge in [-0.25, -0.2) is 0 Å². The Kier molecular flexibility index (Phi) is 11.5. The largest absolute Gasteiger partial charge is 0.311 e. The summed E-state index contributed by atoms with van der Waals surface area (Å²) in [6.45, 7) is 12.3. The van der Waals surface area contributed by atoms with Crippen molar-refractivity contribution in [3.8, 4) is 11.1 Å². The minimum Gasteiger partial charge on any atom is -0.311 e. The molecule has 2 nitrogen and oxygen atoms in total. The number of hydrogen-bond donors (Lipinski definition) is 0. The van der Waals surface area contributed by atoms with Crippen LogP contribution in [0.1, 0.15) is 38.8 Å². The zero-order chi connectivity index (χ0) is 31.3. The molecule has 0 aliphatic heterocycles.